The molecule has 0 spiro atoms. The molecule has 0 radical (unpaired) electrons. The molecule has 0 amide bonds. The zero-order valence-electron chi connectivity index (χ0n) is 14.6. The molecular formula is C20H29N3O. The number of fused-ring (bicyclic) bond motifs is 1. The standard InChI is InChI=1S/C20H29N3O/c1-2-15-13-21-14-16-5-3-6-19(20(15)16)23-18-9-7-17(8-10-18)22-11-4-12-24/h3,5-6,13-14,17-18,22-24H,2,4,7-12H2,1H3/t17-,18-. The zero-order chi connectivity index (χ0) is 16.8. The lowest BCUT2D eigenvalue weighted by molar-refractivity contribution is 0.276. The monoisotopic (exact) mass is 327 g/mol. The summed E-state index contributed by atoms with van der Waals surface area (Å²) in [6.45, 7) is 3.39. The second kappa shape index (κ2) is 8.45. The third-order valence-electron chi connectivity index (χ3n) is 5.10. The lowest BCUT2D eigenvalue weighted by Crippen LogP contribution is -2.37. The Balaban J connectivity index is 1.64. The highest BCUT2D eigenvalue weighted by atomic mass is 16.3. The lowest BCUT2D eigenvalue weighted by Gasteiger charge is -2.31. The van der Waals surface area contributed by atoms with Crippen molar-refractivity contribution in [2.24, 2.45) is 0 Å². The maximum Gasteiger partial charge on any atom is 0.0443 e. The van der Waals surface area contributed by atoms with Gasteiger partial charge in [0.1, 0.15) is 0 Å². The van der Waals surface area contributed by atoms with Crippen LogP contribution >= 0.6 is 0 Å². The van der Waals surface area contributed by atoms with E-state index in [2.05, 4.69) is 40.7 Å². The van der Waals surface area contributed by atoms with Gasteiger partial charge in [0.2, 0.25) is 0 Å². The molecule has 0 unspecified atom stereocenters. The molecule has 1 saturated carbocycles. The van der Waals surface area contributed by atoms with E-state index >= 15 is 0 Å². The summed E-state index contributed by atoms with van der Waals surface area (Å²) in [5, 5.41) is 18.8. The number of aliphatic hydroxyl groups is 1. The first-order valence-electron chi connectivity index (χ1n) is 9.28. The first kappa shape index (κ1) is 17.2. The van der Waals surface area contributed by atoms with Crippen molar-refractivity contribution in [1.29, 1.82) is 0 Å². The van der Waals surface area contributed by atoms with Crippen LogP contribution in [0.4, 0.5) is 5.69 Å². The smallest absolute Gasteiger partial charge is 0.0443 e. The summed E-state index contributed by atoms with van der Waals surface area (Å²) in [5.74, 6) is 0. The summed E-state index contributed by atoms with van der Waals surface area (Å²) < 4.78 is 0. The number of aryl methyl sites for hydroxylation is 1. The van der Waals surface area contributed by atoms with E-state index < -0.39 is 0 Å². The maximum absolute atomic E-state index is 8.88. The van der Waals surface area contributed by atoms with Crippen LogP contribution < -0.4 is 10.6 Å². The average Bonchev–Trinajstić information content (AvgIpc) is 2.63. The number of aliphatic hydroxyl groups excluding tert-OH is 1. The molecule has 3 rings (SSSR count). The van der Waals surface area contributed by atoms with Crippen molar-refractivity contribution < 1.29 is 5.11 Å². The zero-order valence-corrected chi connectivity index (χ0v) is 14.6. The van der Waals surface area contributed by atoms with Crippen LogP contribution in [0.2, 0.25) is 0 Å². The van der Waals surface area contributed by atoms with Gasteiger partial charge in [0.05, 0.1) is 0 Å². The molecule has 0 atom stereocenters. The van der Waals surface area contributed by atoms with Crippen molar-refractivity contribution in [3.63, 3.8) is 0 Å². The summed E-state index contributed by atoms with van der Waals surface area (Å²) in [6, 6.07) is 7.62. The molecule has 0 bridgehead atoms. The predicted octanol–water partition coefficient (Wildman–Crippen LogP) is 3.49. The minimum atomic E-state index is 0.277. The number of hydrogen-bond donors (Lipinski definition) is 3. The van der Waals surface area contributed by atoms with Crippen LogP contribution in [0.1, 0.15) is 44.6 Å². The Kier molecular flexibility index (Phi) is 6.05. The molecule has 4 heteroatoms. The van der Waals surface area contributed by atoms with E-state index in [4.69, 9.17) is 5.11 Å². The fraction of sp³-hybridized carbons (Fsp3) is 0.550. The SMILES string of the molecule is CCc1cncc2cccc(N[C@H]3CC[C@H](NCCCO)CC3)c12. The van der Waals surface area contributed by atoms with Crippen LogP contribution in [0, 0.1) is 0 Å². The van der Waals surface area contributed by atoms with Crippen LogP contribution in [-0.4, -0.2) is 35.3 Å². The van der Waals surface area contributed by atoms with E-state index in [9.17, 15) is 0 Å². The molecule has 1 heterocycles. The molecule has 1 fully saturated rings. The van der Waals surface area contributed by atoms with Crippen LogP contribution in [-0.2, 0) is 6.42 Å². The van der Waals surface area contributed by atoms with Gasteiger partial charge in [-0.05, 0) is 56.7 Å². The number of anilines is 1. The van der Waals surface area contributed by atoms with Gasteiger partial charge in [-0.1, -0.05) is 19.1 Å². The number of rotatable bonds is 7. The van der Waals surface area contributed by atoms with Gasteiger partial charge < -0.3 is 15.7 Å². The van der Waals surface area contributed by atoms with E-state index in [1.54, 1.807) is 0 Å². The van der Waals surface area contributed by atoms with E-state index in [0.717, 1.165) is 19.4 Å². The van der Waals surface area contributed by atoms with E-state index in [1.165, 1.54) is 47.7 Å². The van der Waals surface area contributed by atoms with Crippen molar-refractivity contribution >= 4 is 16.5 Å². The fourth-order valence-electron chi connectivity index (χ4n) is 3.74. The Morgan fingerprint density at radius 3 is 2.67 bits per heavy atom. The maximum atomic E-state index is 8.88. The highest BCUT2D eigenvalue weighted by Crippen LogP contribution is 2.29. The Morgan fingerprint density at radius 1 is 1.12 bits per heavy atom. The van der Waals surface area contributed by atoms with Crippen LogP contribution in [0.15, 0.2) is 30.6 Å². The number of nitrogens with zero attached hydrogens (tertiary/aromatic N) is 1. The van der Waals surface area contributed by atoms with E-state index in [1.807, 2.05) is 12.4 Å². The van der Waals surface area contributed by atoms with Crippen molar-refractivity contribution in [2.75, 3.05) is 18.5 Å². The third kappa shape index (κ3) is 4.05. The minimum absolute atomic E-state index is 0.277. The molecule has 0 saturated heterocycles. The molecule has 1 aliphatic carbocycles. The van der Waals surface area contributed by atoms with E-state index in [-0.39, 0.29) is 6.61 Å². The molecule has 1 aliphatic rings. The molecule has 1 aromatic heterocycles. The Bertz CT molecular complexity index is 645. The van der Waals surface area contributed by atoms with Crippen LogP contribution in [0.25, 0.3) is 10.8 Å². The van der Waals surface area contributed by atoms with Crippen LogP contribution in [0.5, 0.6) is 0 Å². The van der Waals surface area contributed by atoms with Gasteiger partial charge in [0.15, 0.2) is 0 Å². The van der Waals surface area contributed by atoms with Gasteiger partial charge in [-0.25, -0.2) is 0 Å². The van der Waals surface area contributed by atoms with Gasteiger partial charge in [-0.2, -0.15) is 0 Å². The largest absolute Gasteiger partial charge is 0.396 e. The van der Waals surface area contributed by atoms with Gasteiger partial charge in [0, 0.05) is 47.5 Å². The quantitative estimate of drug-likeness (QED) is 0.681. The molecular weight excluding hydrogens is 298 g/mol. The van der Waals surface area contributed by atoms with Crippen molar-refractivity contribution in [2.45, 2.75) is 57.5 Å². The lowest BCUT2D eigenvalue weighted by atomic mass is 9.90. The summed E-state index contributed by atoms with van der Waals surface area (Å²) in [5.41, 5.74) is 2.57. The molecule has 130 valence electrons. The number of nitrogens with one attached hydrogen (secondary N) is 2. The molecule has 4 nitrogen and oxygen atoms in total. The Hall–Kier alpha value is -1.65. The van der Waals surface area contributed by atoms with Gasteiger partial charge in [-0.3, -0.25) is 4.98 Å². The number of benzene rings is 1. The second-order valence-electron chi connectivity index (χ2n) is 6.78. The van der Waals surface area contributed by atoms with Crippen LogP contribution in [0.3, 0.4) is 0 Å². The van der Waals surface area contributed by atoms with Gasteiger partial charge in [-0.15, -0.1) is 0 Å². The first-order valence-corrected chi connectivity index (χ1v) is 9.28. The predicted molar refractivity (Wildman–Crippen MR) is 100 cm³/mol. The minimum Gasteiger partial charge on any atom is -0.396 e. The molecule has 2 aromatic rings. The first-order chi connectivity index (χ1) is 11.8. The van der Waals surface area contributed by atoms with Gasteiger partial charge in [0.25, 0.3) is 0 Å². The highest BCUT2D eigenvalue weighted by Gasteiger charge is 2.21. The van der Waals surface area contributed by atoms with Gasteiger partial charge >= 0.3 is 0 Å². The molecule has 3 N–H and O–H groups in total. The van der Waals surface area contributed by atoms with E-state index in [0.29, 0.717) is 12.1 Å². The van der Waals surface area contributed by atoms with Crippen molar-refractivity contribution in [3.8, 4) is 0 Å². The fourth-order valence-corrected chi connectivity index (χ4v) is 3.74. The second-order valence-corrected chi connectivity index (χ2v) is 6.78. The molecule has 0 aliphatic heterocycles. The topological polar surface area (TPSA) is 57.2 Å². The Labute approximate surface area is 144 Å². The summed E-state index contributed by atoms with van der Waals surface area (Å²) in [4.78, 5) is 4.36. The highest BCUT2D eigenvalue weighted by molar-refractivity contribution is 5.96. The number of hydrogen-bond acceptors (Lipinski definition) is 4. The molecule has 24 heavy (non-hydrogen) atoms. The molecule has 1 aromatic carbocycles. The van der Waals surface area contributed by atoms with Crippen molar-refractivity contribution in [1.82, 2.24) is 10.3 Å². The number of aromatic nitrogens is 1. The normalized spacial score (nSPS) is 21.1. The average molecular weight is 327 g/mol. The summed E-state index contributed by atoms with van der Waals surface area (Å²) >= 11 is 0. The Morgan fingerprint density at radius 2 is 1.92 bits per heavy atom. The summed E-state index contributed by atoms with van der Waals surface area (Å²) in [6.07, 6.45) is 10.6. The van der Waals surface area contributed by atoms with Crippen molar-refractivity contribution in [3.05, 3.63) is 36.2 Å². The number of pyridine rings is 1. The summed E-state index contributed by atoms with van der Waals surface area (Å²) in [7, 11) is 0. The third-order valence-corrected chi connectivity index (χ3v) is 5.10.